The van der Waals surface area contributed by atoms with Crippen molar-refractivity contribution in [3.8, 4) is 45.0 Å². The van der Waals surface area contributed by atoms with Gasteiger partial charge in [-0.05, 0) is 57.8 Å². The van der Waals surface area contributed by atoms with Gasteiger partial charge in [0.1, 0.15) is 105 Å². The van der Waals surface area contributed by atoms with Gasteiger partial charge in [-0.3, -0.25) is 0 Å². The maximum atomic E-state index is 6.66. The highest BCUT2D eigenvalue weighted by Gasteiger charge is 2.40. The highest BCUT2D eigenvalue weighted by atomic mass is 16.3. The van der Waals surface area contributed by atoms with Crippen LogP contribution in [0.5, 0.6) is 0 Å². The van der Waals surface area contributed by atoms with Crippen molar-refractivity contribution in [3.05, 3.63) is 89.1 Å². The van der Waals surface area contributed by atoms with E-state index in [0.29, 0.717) is 11.6 Å². The number of hydrogen-bond acceptors (Lipinski definition) is 4. The van der Waals surface area contributed by atoms with Crippen molar-refractivity contribution in [2.24, 2.45) is 0 Å². The normalized spacial score (nSPS) is 16.6. The van der Waals surface area contributed by atoms with Crippen molar-refractivity contribution in [3.63, 3.8) is 0 Å². The molecule has 2 bridgehead atoms. The second-order valence-corrected chi connectivity index (χ2v) is 17.6. The van der Waals surface area contributed by atoms with Crippen molar-refractivity contribution in [1.29, 1.82) is 0 Å². The van der Waals surface area contributed by atoms with E-state index in [1.165, 1.54) is 78.0 Å². The van der Waals surface area contributed by atoms with Gasteiger partial charge in [0, 0.05) is 27.5 Å². The summed E-state index contributed by atoms with van der Waals surface area (Å²) < 4.78 is 6.66. The lowest BCUT2D eigenvalue weighted by atomic mass is 9.51. The second-order valence-electron chi connectivity index (χ2n) is 17.6. The van der Waals surface area contributed by atoms with E-state index in [0.717, 1.165) is 73.7 Å². The standard InChI is InChI=1S/C41H41B12N3O/c42-20-11-21-27-28(22(43)13-24(45)36(27)57-35(21)23(44)12-20)40-55-38(54-39(56-40)26-19-9-10-41(53,14-19)37(52)31(26)48)18-7-3-16(4-8-18)15-1-5-17(6-2-15)25-29(46)32(49)34(51)33(50)30(25)47/h1-8,11-13H,9-10,14,42-53H2. The molecular formula is C41H41B12N3O. The van der Waals surface area contributed by atoms with Gasteiger partial charge < -0.3 is 4.42 Å². The zero-order valence-electron chi connectivity index (χ0n) is 35.7. The lowest BCUT2D eigenvalue weighted by Crippen LogP contribution is -2.55. The summed E-state index contributed by atoms with van der Waals surface area (Å²) in [7, 11) is 26.8. The minimum atomic E-state index is 0.219. The summed E-state index contributed by atoms with van der Waals surface area (Å²) in [6, 6.07) is 24.5. The molecule has 0 aliphatic heterocycles. The van der Waals surface area contributed by atoms with E-state index in [-0.39, 0.29) is 5.31 Å². The van der Waals surface area contributed by atoms with E-state index in [1.807, 2.05) is 0 Å². The fourth-order valence-electron chi connectivity index (χ4n) is 10.2. The second kappa shape index (κ2) is 13.6. The summed E-state index contributed by atoms with van der Waals surface area (Å²) in [4.78, 5) is 16.1. The summed E-state index contributed by atoms with van der Waals surface area (Å²) in [5.41, 5.74) is 25.7. The zero-order chi connectivity index (χ0) is 40.2. The molecule has 0 saturated heterocycles. The number of nitrogens with zero attached hydrogens (tertiary/aromatic N) is 3. The predicted molar refractivity (Wildman–Crippen MR) is 279 cm³/mol. The Kier molecular flexibility index (Phi) is 9.03. The summed E-state index contributed by atoms with van der Waals surface area (Å²) in [5, 5.41) is 2.41. The molecule has 2 aliphatic rings. The van der Waals surface area contributed by atoms with Crippen LogP contribution in [0, 0.1) is 0 Å². The van der Waals surface area contributed by atoms with Gasteiger partial charge >= 0.3 is 0 Å². The summed E-state index contributed by atoms with van der Waals surface area (Å²) in [5.74, 6) is 2.15. The van der Waals surface area contributed by atoms with Crippen molar-refractivity contribution in [2.75, 3.05) is 0 Å². The number of benzene rings is 5. The Morgan fingerprint density at radius 3 is 1.72 bits per heavy atom. The maximum absolute atomic E-state index is 6.66. The molecule has 2 heterocycles. The van der Waals surface area contributed by atoms with Gasteiger partial charge in [0.25, 0.3) is 0 Å². The third kappa shape index (κ3) is 5.95. The van der Waals surface area contributed by atoms with E-state index in [9.17, 15) is 0 Å². The van der Waals surface area contributed by atoms with Crippen LogP contribution in [0.4, 0.5) is 0 Å². The fourth-order valence-corrected chi connectivity index (χ4v) is 10.2. The van der Waals surface area contributed by atoms with Crippen LogP contribution in [0.3, 0.4) is 0 Å². The molecule has 5 aromatic carbocycles. The molecule has 2 aliphatic carbocycles. The van der Waals surface area contributed by atoms with Crippen LogP contribution in [0.25, 0.3) is 72.5 Å². The number of hydrogen-bond donors (Lipinski definition) is 0. The molecule has 1 atom stereocenters. The van der Waals surface area contributed by atoms with Crippen LogP contribution in [0.15, 0.2) is 87.7 Å². The first kappa shape index (κ1) is 37.7. The van der Waals surface area contributed by atoms with Crippen LogP contribution >= 0.6 is 0 Å². The monoisotopic (exact) mass is 723 g/mol. The smallest absolute Gasteiger partial charge is 0.164 e. The number of furan rings is 1. The molecular weight excluding hydrogens is 680 g/mol. The highest BCUT2D eigenvalue weighted by molar-refractivity contribution is 6.68. The lowest BCUT2D eigenvalue weighted by molar-refractivity contribution is 0.674. The van der Waals surface area contributed by atoms with Gasteiger partial charge in [-0.2, -0.15) is 0 Å². The summed E-state index contributed by atoms with van der Waals surface area (Å²) >= 11 is 0. The van der Waals surface area contributed by atoms with Crippen molar-refractivity contribution < 1.29 is 4.42 Å². The van der Waals surface area contributed by atoms with Crippen LogP contribution in [-0.2, 0) is 0 Å². The topological polar surface area (TPSA) is 51.8 Å². The predicted octanol–water partition coefficient (Wildman–Crippen LogP) is -8.01. The summed E-state index contributed by atoms with van der Waals surface area (Å²) in [6.45, 7) is 0. The molecule has 1 unspecified atom stereocenters. The van der Waals surface area contributed by atoms with E-state index < -0.39 is 0 Å². The van der Waals surface area contributed by atoms with Gasteiger partial charge in [0.2, 0.25) is 0 Å². The molecule has 16 heteroatoms. The number of rotatable bonds is 5. The Bertz CT molecular complexity index is 2930. The maximum Gasteiger partial charge on any atom is 0.164 e. The van der Waals surface area contributed by atoms with E-state index in [1.54, 1.807) is 0 Å². The Morgan fingerprint density at radius 2 is 1.07 bits per heavy atom. The van der Waals surface area contributed by atoms with Crippen LogP contribution in [-0.4, -0.2) is 109 Å². The largest absolute Gasteiger partial charge is 0.457 e. The molecule has 1 saturated carbocycles. The number of aromatic nitrogens is 3. The molecule has 0 amide bonds. The Balaban J connectivity index is 1.19. The molecule has 0 N–H and O–H groups in total. The third-order valence-electron chi connectivity index (χ3n) is 14.1. The van der Waals surface area contributed by atoms with Gasteiger partial charge in [-0.1, -0.05) is 99.6 Å². The molecule has 7 aromatic rings. The molecule has 9 rings (SSSR count). The van der Waals surface area contributed by atoms with Crippen molar-refractivity contribution in [1.82, 2.24) is 15.0 Å². The molecule has 0 radical (unpaired) electrons. The number of fused-ring (bicyclic) bond motifs is 5. The minimum absolute atomic E-state index is 0.219. The Labute approximate surface area is 347 Å². The van der Waals surface area contributed by atoms with E-state index >= 15 is 0 Å². The SMILES string of the molecule is BC1=C(B)C2(B)CCC(=C1c1nc(-c3ccc(-c4ccc(-c5c(B)c(B)c(B)c(B)c5B)cc4)cc3)nc(-c3c(B)cc(B)c4oc5c(B)cc(B)cc5c34)n1)C2. The Morgan fingerprint density at radius 1 is 0.526 bits per heavy atom. The first-order valence-electron chi connectivity index (χ1n) is 20.5. The molecule has 4 nitrogen and oxygen atoms in total. The average molecular weight is 722 g/mol. The van der Waals surface area contributed by atoms with Gasteiger partial charge in [-0.25, -0.2) is 15.0 Å². The van der Waals surface area contributed by atoms with Gasteiger partial charge in [0.15, 0.2) is 17.5 Å². The zero-order valence-corrected chi connectivity index (χ0v) is 35.7. The molecule has 57 heavy (non-hydrogen) atoms. The first-order chi connectivity index (χ1) is 27.1. The quantitative estimate of drug-likeness (QED) is 0.166. The molecule has 0 spiro atoms. The summed E-state index contributed by atoms with van der Waals surface area (Å²) in [6.07, 6.45) is 3.31. The highest BCUT2D eigenvalue weighted by Crippen LogP contribution is 2.57. The molecule has 262 valence electrons. The average Bonchev–Trinajstić information content (AvgIpc) is 3.76. The lowest BCUT2D eigenvalue weighted by Gasteiger charge is -2.32. The third-order valence-corrected chi connectivity index (χ3v) is 14.1. The molecule has 1 fully saturated rings. The van der Waals surface area contributed by atoms with Crippen LogP contribution < -0.4 is 49.2 Å². The van der Waals surface area contributed by atoms with Crippen molar-refractivity contribution in [2.45, 2.75) is 24.6 Å². The fraction of sp³-hybridized carbons (Fsp3) is 0.0976. The molecule has 2 aromatic heterocycles. The minimum Gasteiger partial charge on any atom is -0.457 e. The number of allylic oxidation sites excluding steroid dienone is 4. The first-order valence-corrected chi connectivity index (χ1v) is 20.5. The van der Waals surface area contributed by atoms with Crippen LogP contribution in [0.2, 0.25) is 5.31 Å². The van der Waals surface area contributed by atoms with Crippen molar-refractivity contribution >= 4 is 171 Å². The van der Waals surface area contributed by atoms with Gasteiger partial charge in [-0.15, -0.1) is 21.9 Å². The van der Waals surface area contributed by atoms with E-state index in [2.05, 4.69) is 161 Å². The van der Waals surface area contributed by atoms with E-state index in [4.69, 9.17) is 19.4 Å². The Hall–Kier alpha value is -4.83. The van der Waals surface area contributed by atoms with Crippen LogP contribution in [0.1, 0.15) is 25.1 Å². The van der Waals surface area contributed by atoms with Gasteiger partial charge in [0.05, 0.1) is 0 Å².